The van der Waals surface area contributed by atoms with Crippen molar-refractivity contribution in [3.8, 4) is 0 Å². The SMILES string of the molecule is CS[C@@H]1O[C@@H](C)[C@H](O[C@@H]2O[C@@H](C)[C@H](O[C@@H]3O[C@@H](C)[C@H](O)[C@@H](OCc4ccccc4)[C@H]3OCc3ccccc3)[C@@H](OCc3ccccc3)[C@H]2OCc2ccccc2)[C@@H](OCc2ccccc2)[C@H]1OCc1ccccc1. The van der Waals surface area contributed by atoms with Crippen molar-refractivity contribution in [1.82, 2.24) is 0 Å². The smallest absolute Gasteiger partial charge is 0.187 e. The van der Waals surface area contributed by atoms with Crippen LogP contribution in [0.4, 0.5) is 0 Å². The van der Waals surface area contributed by atoms with Crippen LogP contribution in [0.1, 0.15) is 54.2 Å². The molecule has 0 bridgehead atoms. The number of thioether (sulfide) groups is 1. The van der Waals surface area contributed by atoms with Crippen LogP contribution in [0.2, 0.25) is 0 Å². The largest absolute Gasteiger partial charge is 0.388 e. The molecule has 15 atom stereocenters. The molecule has 0 spiro atoms. The lowest BCUT2D eigenvalue weighted by molar-refractivity contribution is -0.379. The van der Waals surface area contributed by atoms with Crippen molar-refractivity contribution >= 4 is 11.8 Å². The number of rotatable bonds is 23. The minimum absolute atomic E-state index is 0.213. The lowest BCUT2D eigenvalue weighted by Crippen LogP contribution is -2.66. The van der Waals surface area contributed by atoms with E-state index in [4.69, 9.17) is 52.1 Å². The molecule has 6 aromatic carbocycles. The van der Waals surface area contributed by atoms with Crippen LogP contribution in [0.5, 0.6) is 0 Å². The Morgan fingerprint density at radius 2 is 0.608 bits per heavy atom. The second kappa shape index (κ2) is 27.3. The van der Waals surface area contributed by atoms with Gasteiger partial charge < -0.3 is 57.2 Å². The van der Waals surface area contributed by atoms with E-state index in [9.17, 15) is 5.11 Å². The van der Waals surface area contributed by atoms with Crippen LogP contribution in [-0.4, -0.2) is 103 Å². The van der Waals surface area contributed by atoms with Gasteiger partial charge in [-0.3, -0.25) is 0 Å². The molecule has 74 heavy (non-hydrogen) atoms. The van der Waals surface area contributed by atoms with Gasteiger partial charge in [-0.1, -0.05) is 182 Å². The molecule has 6 aromatic rings. The van der Waals surface area contributed by atoms with Crippen LogP contribution < -0.4 is 0 Å². The zero-order valence-electron chi connectivity index (χ0n) is 42.6. The van der Waals surface area contributed by atoms with E-state index in [1.165, 1.54) is 0 Å². The van der Waals surface area contributed by atoms with Crippen molar-refractivity contribution < 1.29 is 57.2 Å². The third-order valence-electron chi connectivity index (χ3n) is 13.7. The normalized spacial score (nSPS) is 30.2. The molecular weight excluding hydrogens is 957 g/mol. The molecule has 0 saturated carbocycles. The maximum atomic E-state index is 11.8. The zero-order valence-corrected chi connectivity index (χ0v) is 43.4. The molecule has 0 radical (unpaired) electrons. The summed E-state index contributed by atoms with van der Waals surface area (Å²) >= 11 is 1.58. The topological polar surface area (TPSA) is 122 Å². The van der Waals surface area contributed by atoms with E-state index in [1.807, 2.05) is 209 Å². The Kier molecular flexibility index (Phi) is 19.9. The number of aliphatic hydroxyl groups excluding tert-OH is 1. The van der Waals surface area contributed by atoms with Crippen molar-refractivity contribution in [2.24, 2.45) is 0 Å². The summed E-state index contributed by atoms with van der Waals surface area (Å²) in [4.78, 5) is 0. The lowest BCUT2D eigenvalue weighted by atomic mass is 9.96. The average Bonchev–Trinajstić information content (AvgIpc) is 3.44. The standard InChI is InChI=1S/C61H70O12S/c1-41-50(62)53(63-35-44-23-11-5-12-24-44)56(66-38-47-29-17-8-18-30-47)59(69-41)72-51-42(2)70-60(57(67-39-48-31-19-9-20-32-48)54(51)64-36-45-25-13-6-14-26-45)73-52-43(3)71-61(74-4)58(68-40-49-33-21-10-22-34-49)55(52)65-37-46-27-15-7-16-28-46/h5-34,41-43,50-62H,35-40H2,1-4H3/t41-,42-,43-,50-,51-,52-,53+,54+,55+,56+,57+,58+,59-,60-,61-/m0/s1. The first-order valence-corrected chi connectivity index (χ1v) is 27.0. The monoisotopic (exact) mass is 1030 g/mol. The fourth-order valence-electron chi connectivity index (χ4n) is 9.72. The van der Waals surface area contributed by atoms with Gasteiger partial charge in [-0.15, -0.1) is 11.8 Å². The van der Waals surface area contributed by atoms with Gasteiger partial charge in [-0.05, 0) is 60.4 Å². The molecule has 3 fully saturated rings. The van der Waals surface area contributed by atoms with Crippen molar-refractivity contribution in [3.05, 3.63) is 215 Å². The Labute approximate surface area is 440 Å². The summed E-state index contributed by atoms with van der Waals surface area (Å²) in [6.07, 6.45) is -8.98. The van der Waals surface area contributed by atoms with Gasteiger partial charge in [0, 0.05) is 0 Å². The highest BCUT2D eigenvalue weighted by Crippen LogP contribution is 2.39. The summed E-state index contributed by atoms with van der Waals surface area (Å²) in [6, 6.07) is 59.9. The summed E-state index contributed by atoms with van der Waals surface area (Å²) in [6.45, 7) is 7.32. The van der Waals surface area contributed by atoms with Gasteiger partial charge in [0.2, 0.25) is 0 Å². The molecule has 12 nitrogen and oxygen atoms in total. The van der Waals surface area contributed by atoms with Crippen molar-refractivity contribution in [1.29, 1.82) is 0 Å². The molecule has 3 heterocycles. The Bertz CT molecular complexity index is 2500. The molecule has 0 aromatic heterocycles. The molecule has 3 aliphatic heterocycles. The minimum atomic E-state index is -1.04. The van der Waals surface area contributed by atoms with E-state index in [-0.39, 0.29) is 31.9 Å². The Balaban J connectivity index is 1.06. The van der Waals surface area contributed by atoms with Gasteiger partial charge in [0.05, 0.1) is 58.0 Å². The van der Waals surface area contributed by atoms with Crippen LogP contribution in [0.3, 0.4) is 0 Å². The molecule has 13 heteroatoms. The maximum absolute atomic E-state index is 11.8. The first-order valence-electron chi connectivity index (χ1n) is 25.7. The van der Waals surface area contributed by atoms with Gasteiger partial charge in [-0.25, -0.2) is 0 Å². The number of ether oxygens (including phenoxy) is 11. The number of hydrogen-bond donors (Lipinski definition) is 1. The van der Waals surface area contributed by atoms with Gasteiger partial charge in [-0.2, -0.15) is 0 Å². The second-order valence-electron chi connectivity index (χ2n) is 19.1. The quantitative estimate of drug-likeness (QED) is 0.0656. The summed E-state index contributed by atoms with van der Waals surface area (Å²) in [7, 11) is 0. The fourth-order valence-corrected chi connectivity index (χ4v) is 10.5. The highest BCUT2D eigenvalue weighted by atomic mass is 32.2. The molecule has 3 saturated heterocycles. The first-order chi connectivity index (χ1) is 36.3. The van der Waals surface area contributed by atoms with Crippen LogP contribution in [0.15, 0.2) is 182 Å². The van der Waals surface area contributed by atoms with Gasteiger partial charge >= 0.3 is 0 Å². The van der Waals surface area contributed by atoms with E-state index < -0.39 is 85.8 Å². The third kappa shape index (κ3) is 14.4. The van der Waals surface area contributed by atoms with Crippen LogP contribution in [-0.2, 0) is 91.7 Å². The number of benzene rings is 6. The predicted molar refractivity (Wildman–Crippen MR) is 282 cm³/mol. The summed E-state index contributed by atoms with van der Waals surface area (Å²) in [5.41, 5.74) is 5.48. The number of aliphatic hydroxyl groups is 1. The Morgan fingerprint density at radius 1 is 0.338 bits per heavy atom. The average molecular weight is 1030 g/mol. The summed E-state index contributed by atoms with van der Waals surface area (Å²) in [5.74, 6) is 0. The van der Waals surface area contributed by atoms with Gasteiger partial charge in [0.25, 0.3) is 0 Å². The minimum Gasteiger partial charge on any atom is -0.388 e. The number of hydrogen-bond acceptors (Lipinski definition) is 13. The van der Waals surface area contributed by atoms with E-state index in [0.717, 1.165) is 33.4 Å². The van der Waals surface area contributed by atoms with Crippen molar-refractivity contribution in [3.63, 3.8) is 0 Å². The van der Waals surface area contributed by atoms with E-state index in [2.05, 4.69) is 0 Å². The van der Waals surface area contributed by atoms with Crippen LogP contribution in [0, 0.1) is 0 Å². The molecule has 9 rings (SSSR count). The third-order valence-corrected chi connectivity index (χ3v) is 14.6. The van der Waals surface area contributed by atoms with Crippen molar-refractivity contribution in [2.45, 2.75) is 152 Å². The predicted octanol–water partition coefficient (Wildman–Crippen LogP) is 10.2. The molecule has 0 amide bonds. The molecule has 0 unspecified atom stereocenters. The lowest BCUT2D eigenvalue weighted by Gasteiger charge is -2.51. The van der Waals surface area contributed by atoms with Gasteiger partial charge in [0.1, 0.15) is 60.4 Å². The zero-order chi connectivity index (χ0) is 51.1. The van der Waals surface area contributed by atoms with Crippen molar-refractivity contribution in [2.75, 3.05) is 6.26 Å². The van der Waals surface area contributed by atoms with Gasteiger partial charge in [0.15, 0.2) is 12.6 Å². The Morgan fingerprint density at radius 3 is 0.959 bits per heavy atom. The molecule has 0 aliphatic carbocycles. The molecule has 1 N–H and O–H groups in total. The summed E-state index contributed by atoms with van der Waals surface area (Å²) in [5, 5.41) is 11.8. The highest BCUT2D eigenvalue weighted by molar-refractivity contribution is 7.99. The maximum Gasteiger partial charge on any atom is 0.187 e. The Hall–Kier alpha value is -4.81. The molecule has 3 aliphatic rings. The van der Waals surface area contributed by atoms with Crippen LogP contribution >= 0.6 is 11.8 Å². The summed E-state index contributed by atoms with van der Waals surface area (Å²) < 4.78 is 76.2. The fraction of sp³-hybridized carbons (Fsp3) is 0.410. The molecule has 392 valence electrons. The van der Waals surface area contributed by atoms with E-state index in [1.54, 1.807) is 11.8 Å². The highest BCUT2D eigenvalue weighted by Gasteiger charge is 2.55. The van der Waals surface area contributed by atoms with Crippen LogP contribution in [0.25, 0.3) is 0 Å². The first kappa shape index (κ1) is 54.0. The second-order valence-corrected chi connectivity index (χ2v) is 20.1. The molecular formula is C61H70O12S. The van der Waals surface area contributed by atoms with E-state index >= 15 is 0 Å². The van der Waals surface area contributed by atoms with E-state index in [0.29, 0.717) is 13.2 Å².